The molecule has 6 heteroatoms. The molecule has 2 aromatic rings. The standard InChI is InChI=1S/C22H26N2O4/c25-20(23-15-19-18-6-2-1-4-16(18)9-13-28-19)7-10-22(11-8-21(26)24-22)14-17-5-3-12-27-17/h1-6,12,19H,7-11,13-15H2,(H,23,25)(H,24,26). The maximum atomic E-state index is 12.5. The zero-order valence-corrected chi connectivity index (χ0v) is 15.9. The summed E-state index contributed by atoms with van der Waals surface area (Å²) in [5.74, 6) is 0.848. The predicted octanol–water partition coefficient (Wildman–Crippen LogP) is 2.68. The van der Waals surface area contributed by atoms with E-state index >= 15 is 0 Å². The highest BCUT2D eigenvalue weighted by atomic mass is 16.5. The van der Waals surface area contributed by atoms with Crippen LogP contribution in [0.3, 0.4) is 0 Å². The molecule has 148 valence electrons. The van der Waals surface area contributed by atoms with E-state index in [4.69, 9.17) is 9.15 Å². The summed E-state index contributed by atoms with van der Waals surface area (Å²) in [6.07, 6.45) is 5.22. The predicted molar refractivity (Wildman–Crippen MR) is 104 cm³/mol. The molecule has 3 heterocycles. The van der Waals surface area contributed by atoms with Gasteiger partial charge in [0.05, 0.1) is 12.9 Å². The Labute approximate surface area is 164 Å². The number of fused-ring (bicyclic) bond motifs is 1. The normalized spacial score (nSPS) is 23.9. The number of carbonyl (C=O) groups excluding carboxylic acids is 2. The van der Waals surface area contributed by atoms with Gasteiger partial charge in [-0.25, -0.2) is 0 Å². The van der Waals surface area contributed by atoms with Crippen LogP contribution in [-0.4, -0.2) is 30.5 Å². The Hall–Kier alpha value is -2.60. The minimum absolute atomic E-state index is 0.0216. The third-order valence-electron chi connectivity index (χ3n) is 5.74. The SMILES string of the molecule is O=C(CCC1(Cc2ccco2)CCC(=O)N1)NCC1OCCc2ccccc21. The molecule has 6 nitrogen and oxygen atoms in total. The second kappa shape index (κ2) is 8.19. The van der Waals surface area contributed by atoms with Gasteiger partial charge in [0.15, 0.2) is 0 Å². The molecule has 2 aliphatic rings. The van der Waals surface area contributed by atoms with Gasteiger partial charge in [-0.3, -0.25) is 9.59 Å². The molecule has 28 heavy (non-hydrogen) atoms. The lowest BCUT2D eigenvalue weighted by Crippen LogP contribution is -2.44. The van der Waals surface area contributed by atoms with Gasteiger partial charge in [0.1, 0.15) is 11.9 Å². The van der Waals surface area contributed by atoms with E-state index in [1.165, 1.54) is 5.56 Å². The van der Waals surface area contributed by atoms with Crippen LogP contribution in [0.5, 0.6) is 0 Å². The van der Waals surface area contributed by atoms with Crippen LogP contribution in [0.2, 0.25) is 0 Å². The van der Waals surface area contributed by atoms with Gasteiger partial charge in [-0.05, 0) is 42.5 Å². The zero-order chi connectivity index (χ0) is 19.4. The van der Waals surface area contributed by atoms with E-state index in [9.17, 15) is 9.59 Å². The second-order valence-corrected chi connectivity index (χ2v) is 7.70. The number of hydrogen-bond donors (Lipinski definition) is 2. The topological polar surface area (TPSA) is 80.6 Å². The Balaban J connectivity index is 1.32. The quantitative estimate of drug-likeness (QED) is 0.772. The van der Waals surface area contributed by atoms with Crippen molar-refractivity contribution in [3.05, 3.63) is 59.5 Å². The maximum Gasteiger partial charge on any atom is 0.220 e. The Morgan fingerprint density at radius 3 is 2.89 bits per heavy atom. The van der Waals surface area contributed by atoms with Gasteiger partial charge in [-0.2, -0.15) is 0 Å². The van der Waals surface area contributed by atoms with Gasteiger partial charge < -0.3 is 19.8 Å². The average Bonchev–Trinajstić information content (AvgIpc) is 3.35. The zero-order valence-electron chi connectivity index (χ0n) is 15.9. The van der Waals surface area contributed by atoms with Crippen LogP contribution in [0, 0.1) is 0 Å². The van der Waals surface area contributed by atoms with Crippen LogP contribution in [0.15, 0.2) is 47.1 Å². The molecule has 0 radical (unpaired) electrons. The molecule has 2 unspecified atom stereocenters. The Morgan fingerprint density at radius 2 is 2.11 bits per heavy atom. The molecule has 2 N–H and O–H groups in total. The van der Waals surface area contributed by atoms with Crippen LogP contribution in [0.1, 0.15) is 48.7 Å². The minimum atomic E-state index is -0.403. The van der Waals surface area contributed by atoms with Crippen molar-refractivity contribution in [1.82, 2.24) is 10.6 Å². The Bertz CT molecular complexity index is 833. The summed E-state index contributed by atoms with van der Waals surface area (Å²) < 4.78 is 11.3. The van der Waals surface area contributed by atoms with Crippen molar-refractivity contribution in [3.8, 4) is 0 Å². The van der Waals surface area contributed by atoms with Crippen molar-refractivity contribution >= 4 is 11.8 Å². The third kappa shape index (κ3) is 4.28. The number of hydrogen-bond acceptors (Lipinski definition) is 4. The summed E-state index contributed by atoms with van der Waals surface area (Å²) >= 11 is 0. The van der Waals surface area contributed by atoms with Crippen LogP contribution in [0.25, 0.3) is 0 Å². The smallest absolute Gasteiger partial charge is 0.220 e. The first kappa shape index (κ1) is 18.7. The second-order valence-electron chi connectivity index (χ2n) is 7.70. The molecule has 2 atom stereocenters. The molecule has 0 aliphatic carbocycles. The number of nitrogens with one attached hydrogen (secondary N) is 2. The van der Waals surface area contributed by atoms with Crippen molar-refractivity contribution < 1.29 is 18.7 Å². The molecular weight excluding hydrogens is 356 g/mol. The number of benzene rings is 1. The van der Waals surface area contributed by atoms with E-state index in [-0.39, 0.29) is 17.9 Å². The molecular formula is C22H26N2O4. The van der Waals surface area contributed by atoms with E-state index < -0.39 is 5.54 Å². The highest BCUT2D eigenvalue weighted by Crippen LogP contribution is 2.30. The van der Waals surface area contributed by atoms with Crippen molar-refractivity contribution in [2.45, 2.75) is 50.2 Å². The van der Waals surface area contributed by atoms with Gasteiger partial charge >= 0.3 is 0 Å². The van der Waals surface area contributed by atoms with E-state index in [0.29, 0.717) is 38.8 Å². The highest BCUT2D eigenvalue weighted by Gasteiger charge is 2.38. The lowest BCUT2D eigenvalue weighted by atomic mass is 9.87. The maximum absolute atomic E-state index is 12.5. The molecule has 1 aromatic carbocycles. The van der Waals surface area contributed by atoms with Gasteiger partial charge in [0.2, 0.25) is 11.8 Å². The number of furan rings is 1. The van der Waals surface area contributed by atoms with Crippen LogP contribution >= 0.6 is 0 Å². The summed E-state index contributed by atoms with van der Waals surface area (Å²) in [5.41, 5.74) is 2.05. The fraction of sp³-hybridized carbons (Fsp3) is 0.455. The Kier molecular flexibility index (Phi) is 5.48. The van der Waals surface area contributed by atoms with Crippen molar-refractivity contribution in [2.24, 2.45) is 0 Å². The molecule has 1 aromatic heterocycles. The fourth-order valence-electron chi connectivity index (χ4n) is 4.22. The molecule has 1 fully saturated rings. The summed E-state index contributed by atoms with van der Waals surface area (Å²) in [6.45, 7) is 1.14. The molecule has 0 saturated carbocycles. The minimum Gasteiger partial charge on any atom is -0.469 e. The monoisotopic (exact) mass is 382 g/mol. The first-order valence-corrected chi connectivity index (χ1v) is 9.93. The molecule has 2 aliphatic heterocycles. The number of carbonyl (C=O) groups is 2. The lowest BCUT2D eigenvalue weighted by Gasteiger charge is -2.29. The largest absolute Gasteiger partial charge is 0.469 e. The first-order valence-electron chi connectivity index (χ1n) is 9.93. The summed E-state index contributed by atoms with van der Waals surface area (Å²) in [5, 5.41) is 6.08. The molecule has 0 bridgehead atoms. The third-order valence-corrected chi connectivity index (χ3v) is 5.74. The van der Waals surface area contributed by atoms with Crippen molar-refractivity contribution in [1.29, 1.82) is 0 Å². The van der Waals surface area contributed by atoms with E-state index in [0.717, 1.165) is 24.2 Å². The highest BCUT2D eigenvalue weighted by molar-refractivity contribution is 5.80. The summed E-state index contributed by atoms with van der Waals surface area (Å²) in [7, 11) is 0. The lowest BCUT2D eigenvalue weighted by molar-refractivity contribution is -0.123. The molecule has 1 saturated heterocycles. The summed E-state index contributed by atoms with van der Waals surface area (Å²) in [6, 6.07) is 12.0. The van der Waals surface area contributed by atoms with Crippen molar-refractivity contribution in [2.75, 3.05) is 13.2 Å². The fourth-order valence-corrected chi connectivity index (χ4v) is 4.22. The van der Waals surface area contributed by atoms with Gasteiger partial charge in [-0.1, -0.05) is 24.3 Å². The number of ether oxygens (including phenoxy) is 1. The molecule has 4 rings (SSSR count). The van der Waals surface area contributed by atoms with Crippen molar-refractivity contribution in [3.63, 3.8) is 0 Å². The number of amides is 2. The van der Waals surface area contributed by atoms with E-state index in [1.807, 2.05) is 24.3 Å². The first-order chi connectivity index (χ1) is 13.6. The van der Waals surface area contributed by atoms with E-state index in [1.54, 1.807) is 6.26 Å². The number of rotatable bonds is 7. The molecule has 0 spiro atoms. The summed E-state index contributed by atoms with van der Waals surface area (Å²) in [4.78, 5) is 24.3. The van der Waals surface area contributed by atoms with Crippen LogP contribution in [-0.2, 0) is 27.2 Å². The van der Waals surface area contributed by atoms with Gasteiger partial charge in [0.25, 0.3) is 0 Å². The molecule has 2 amide bonds. The van der Waals surface area contributed by atoms with Gasteiger partial charge in [-0.15, -0.1) is 0 Å². The van der Waals surface area contributed by atoms with Crippen LogP contribution in [0.4, 0.5) is 0 Å². The van der Waals surface area contributed by atoms with Gasteiger partial charge in [0, 0.05) is 31.3 Å². The average molecular weight is 382 g/mol. The van der Waals surface area contributed by atoms with Crippen LogP contribution < -0.4 is 10.6 Å². The Morgan fingerprint density at radius 1 is 1.21 bits per heavy atom. The van der Waals surface area contributed by atoms with E-state index in [2.05, 4.69) is 22.8 Å².